The quantitative estimate of drug-likeness (QED) is 0.878. The molecule has 1 heterocycles. The number of rotatable bonds is 2. The second kappa shape index (κ2) is 5.79. The van der Waals surface area contributed by atoms with Crippen molar-refractivity contribution in [3.63, 3.8) is 0 Å². The molecule has 20 heavy (non-hydrogen) atoms. The molecule has 1 aromatic carbocycles. The van der Waals surface area contributed by atoms with Crippen molar-refractivity contribution in [3.8, 4) is 5.75 Å². The molecule has 0 aromatic heterocycles. The summed E-state index contributed by atoms with van der Waals surface area (Å²) in [6.45, 7) is 2.36. The van der Waals surface area contributed by atoms with E-state index in [0.29, 0.717) is 10.4 Å². The van der Waals surface area contributed by atoms with Crippen molar-refractivity contribution in [1.82, 2.24) is 5.32 Å². The van der Waals surface area contributed by atoms with Gasteiger partial charge in [-0.25, -0.2) is 0 Å². The van der Waals surface area contributed by atoms with E-state index < -0.39 is 0 Å². The van der Waals surface area contributed by atoms with Gasteiger partial charge in [-0.1, -0.05) is 23.7 Å². The summed E-state index contributed by atoms with van der Waals surface area (Å²) in [6, 6.07) is 6.11. The van der Waals surface area contributed by atoms with Crippen LogP contribution >= 0.6 is 11.6 Å². The fourth-order valence-corrected chi connectivity index (χ4v) is 3.67. The maximum absolute atomic E-state index is 6.10. The second-order valence-electron chi connectivity index (χ2n) is 6.03. The third-order valence-electron chi connectivity index (χ3n) is 4.89. The van der Waals surface area contributed by atoms with Crippen LogP contribution in [0.3, 0.4) is 0 Å². The number of methoxy groups -OCH3 is 1. The summed E-state index contributed by atoms with van der Waals surface area (Å²) < 4.78 is 5.32. The van der Waals surface area contributed by atoms with Gasteiger partial charge in [-0.05, 0) is 73.9 Å². The number of benzene rings is 1. The maximum Gasteiger partial charge on any atom is 0.138 e. The maximum atomic E-state index is 6.10. The zero-order valence-corrected chi connectivity index (χ0v) is 12.8. The number of halogens is 1. The standard InChI is InChI=1S/C17H22ClNO/c1-20-16-12-14(2-3-15(16)18)13-4-6-17(7-5-13)8-10-19-11-9-17/h2-4,12,19H,5-11H2,1H3. The predicted molar refractivity (Wildman–Crippen MR) is 84.4 cm³/mol. The van der Waals surface area contributed by atoms with Crippen LogP contribution in [-0.2, 0) is 0 Å². The molecule has 0 atom stereocenters. The molecule has 1 N–H and O–H groups in total. The number of hydrogen-bond acceptors (Lipinski definition) is 2. The van der Waals surface area contributed by atoms with Crippen molar-refractivity contribution < 1.29 is 4.74 Å². The smallest absolute Gasteiger partial charge is 0.138 e. The molecule has 1 fully saturated rings. The Kier molecular flexibility index (Phi) is 4.04. The van der Waals surface area contributed by atoms with Gasteiger partial charge in [0.15, 0.2) is 0 Å². The van der Waals surface area contributed by atoms with E-state index in [1.165, 1.54) is 56.3 Å². The number of hydrogen-bond donors (Lipinski definition) is 1. The van der Waals surface area contributed by atoms with Crippen molar-refractivity contribution in [2.24, 2.45) is 5.41 Å². The third kappa shape index (κ3) is 2.72. The van der Waals surface area contributed by atoms with Crippen LogP contribution in [-0.4, -0.2) is 20.2 Å². The van der Waals surface area contributed by atoms with Crippen LogP contribution in [0.1, 0.15) is 37.7 Å². The highest BCUT2D eigenvalue weighted by Crippen LogP contribution is 2.45. The molecule has 1 saturated heterocycles. The Morgan fingerprint density at radius 2 is 2.00 bits per heavy atom. The minimum Gasteiger partial charge on any atom is -0.495 e. The lowest BCUT2D eigenvalue weighted by Gasteiger charge is -2.40. The van der Waals surface area contributed by atoms with Gasteiger partial charge in [-0.3, -0.25) is 0 Å². The molecular weight excluding hydrogens is 270 g/mol. The first-order chi connectivity index (χ1) is 9.72. The van der Waals surface area contributed by atoms with Crippen LogP contribution in [0.5, 0.6) is 5.75 Å². The van der Waals surface area contributed by atoms with Crippen molar-refractivity contribution >= 4 is 17.2 Å². The molecule has 3 heteroatoms. The third-order valence-corrected chi connectivity index (χ3v) is 5.20. The van der Waals surface area contributed by atoms with Gasteiger partial charge in [0, 0.05) is 0 Å². The minimum absolute atomic E-state index is 0.561. The first kappa shape index (κ1) is 14.0. The van der Waals surface area contributed by atoms with Gasteiger partial charge in [0.05, 0.1) is 12.1 Å². The van der Waals surface area contributed by atoms with Gasteiger partial charge in [-0.2, -0.15) is 0 Å². The molecule has 1 aliphatic heterocycles. The lowest BCUT2D eigenvalue weighted by Crippen LogP contribution is -2.37. The molecule has 0 amide bonds. The van der Waals surface area contributed by atoms with Crippen LogP contribution in [0.15, 0.2) is 24.3 Å². The highest BCUT2D eigenvalue weighted by Gasteiger charge is 2.33. The van der Waals surface area contributed by atoms with E-state index in [2.05, 4.69) is 23.5 Å². The highest BCUT2D eigenvalue weighted by atomic mass is 35.5. The summed E-state index contributed by atoms with van der Waals surface area (Å²) in [5.41, 5.74) is 3.27. The monoisotopic (exact) mass is 291 g/mol. The number of ether oxygens (including phenoxy) is 1. The van der Waals surface area contributed by atoms with Crippen LogP contribution in [0.2, 0.25) is 5.02 Å². The molecule has 1 aromatic rings. The summed E-state index contributed by atoms with van der Waals surface area (Å²) in [5, 5.41) is 4.15. The Morgan fingerprint density at radius 3 is 2.65 bits per heavy atom. The van der Waals surface area contributed by atoms with Gasteiger partial charge < -0.3 is 10.1 Å². The first-order valence-corrected chi connectivity index (χ1v) is 7.84. The highest BCUT2D eigenvalue weighted by molar-refractivity contribution is 6.32. The molecule has 1 aliphatic carbocycles. The van der Waals surface area contributed by atoms with E-state index in [1.807, 2.05) is 6.07 Å². The Balaban J connectivity index is 1.79. The summed E-state index contributed by atoms with van der Waals surface area (Å²) in [7, 11) is 1.67. The molecule has 0 unspecified atom stereocenters. The molecule has 0 radical (unpaired) electrons. The lowest BCUT2D eigenvalue weighted by molar-refractivity contribution is 0.184. The van der Waals surface area contributed by atoms with E-state index in [0.717, 1.165) is 5.75 Å². The van der Waals surface area contributed by atoms with Gasteiger partial charge in [0.1, 0.15) is 5.75 Å². The van der Waals surface area contributed by atoms with Gasteiger partial charge in [-0.15, -0.1) is 0 Å². The van der Waals surface area contributed by atoms with Crippen LogP contribution < -0.4 is 10.1 Å². The molecule has 108 valence electrons. The van der Waals surface area contributed by atoms with Crippen molar-refractivity contribution in [2.45, 2.75) is 32.1 Å². The van der Waals surface area contributed by atoms with Crippen molar-refractivity contribution in [3.05, 3.63) is 34.9 Å². The molecule has 2 aliphatic rings. The summed E-state index contributed by atoms with van der Waals surface area (Å²) >= 11 is 6.10. The minimum atomic E-state index is 0.561. The Bertz CT molecular complexity index is 518. The Labute approximate surface area is 126 Å². The molecule has 0 saturated carbocycles. The molecular formula is C17H22ClNO. The molecule has 3 rings (SSSR count). The number of allylic oxidation sites excluding steroid dienone is 2. The fourth-order valence-electron chi connectivity index (χ4n) is 3.48. The van der Waals surface area contributed by atoms with Gasteiger partial charge in [0.2, 0.25) is 0 Å². The average Bonchev–Trinajstić information content (AvgIpc) is 2.50. The predicted octanol–water partition coefficient (Wildman–Crippen LogP) is 4.29. The van der Waals surface area contributed by atoms with Crippen molar-refractivity contribution in [2.75, 3.05) is 20.2 Å². The molecule has 0 bridgehead atoms. The fraction of sp³-hybridized carbons (Fsp3) is 0.529. The molecule has 1 spiro atoms. The van der Waals surface area contributed by atoms with E-state index in [4.69, 9.17) is 16.3 Å². The summed E-state index contributed by atoms with van der Waals surface area (Å²) in [5.74, 6) is 0.771. The van der Waals surface area contributed by atoms with E-state index in [-0.39, 0.29) is 0 Å². The van der Waals surface area contributed by atoms with E-state index in [9.17, 15) is 0 Å². The average molecular weight is 292 g/mol. The summed E-state index contributed by atoms with van der Waals surface area (Å²) in [4.78, 5) is 0. The van der Waals surface area contributed by atoms with Gasteiger partial charge in [0.25, 0.3) is 0 Å². The normalized spacial score (nSPS) is 21.6. The second-order valence-corrected chi connectivity index (χ2v) is 6.44. The van der Waals surface area contributed by atoms with E-state index in [1.54, 1.807) is 7.11 Å². The van der Waals surface area contributed by atoms with Crippen molar-refractivity contribution in [1.29, 1.82) is 0 Å². The zero-order valence-electron chi connectivity index (χ0n) is 12.0. The summed E-state index contributed by atoms with van der Waals surface area (Å²) in [6.07, 6.45) is 8.78. The zero-order chi connectivity index (χ0) is 14.0. The Morgan fingerprint density at radius 1 is 1.20 bits per heavy atom. The van der Waals surface area contributed by atoms with Crippen LogP contribution in [0.25, 0.3) is 5.57 Å². The SMILES string of the molecule is COc1cc(C2=CCC3(CCNCC3)CC2)ccc1Cl. The largest absolute Gasteiger partial charge is 0.495 e. The van der Waals surface area contributed by atoms with E-state index >= 15 is 0 Å². The van der Waals surface area contributed by atoms with Crippen LogP contribution in [0.4, 0.5) is 0 Å². The van der Waals surface area contributed by atoms with Gasteiger partial charge >= 0.3 is 0 Å². The molecule has 2 nitrogen and oxygen atoms in total. The first-order valence-electron chi connectivity index (χ1n) is 7.46. The van der Waals surface area contributed by atoms with Crippen LogP contribution in [0, 0.1) is 5.41 Å². The Hall–Kier alpha value is -0.990. The topological polar surface area (TPSA) is 21.3 Å². The lowest BCUT2D eigenvalue weighted by atomic mass is 9.68. The number of piperidine rings is 1. The number of nitrogens with one attached hydrogen (secondary N) is 1.